The molecule has 0 aliphatic carbocycles. The van der Waals surface area contributed by atoms with Crippen LogP contribution in [0.2, 0.25) is 0 Å². The van der Waals surface area contributed by atoms with Gasteiger partial charge in [0.2, 0.25) is 0 Å². The van der Waals surface area contributed by atoms with Gasteiger partial charge in [0, 0.05) is 13.2 Å². The molecule has 2 aromatic rings. The standard InChI is InChI=1S/C16H17F3IN3O2S2/c1-10(20)23-12(8-14(22-23)16(17,18)19)13-5-6-15(26-13)27(2,24)21-9-11-4-3-7-25-11/h5-6,8,11H,1-4,7,9H2,(H,21,24). The molecular formula is C16H17F3IN3O2S2. The number of hydrogen-bond donors (Lipinski definition) is 1. The Morgan fingerprint density at radius 1 is 1.52 bits per heavy atom. The molecule has 1 saturated heterocycles. The van der Waals surface area contributed by atoms with Gasteiger partial charge in [0.25, 0.3) is 0 Å². The molecule has 3 rings (SSSR count). The van der Waals surface area contributed by atoms with Crippen molar-refractivity contribution in [2.24, 2.45) is 0 Å². The van der Waals surface area contributed by atoms with E-state index < -0.39 is 21.6 Å². The summed E-state index contributed by atoms with van der Waals surface area (Å²) in [5.74, 6) is 3.76. The molecule has 5 nitrogen and oxygen atoms in total. The zero-order valence-corrected chi connectivity index (χ0v) is 17.9. The van der Waals surface area contributed by atoms with Crippen LogP contribution in [0.5, 0.6) is 0 Å². The van der Waals surface area contributed by atoms with E-state index in [4.69, 9.17) is 4.74 Å². The second-order valence-electron chi connectivity index (χ2n) is 5.98. The minimum Gasteiger partial charge on any atom is -0.377 e. The SMILES string of the molecule is C=C(I)n1nc(C(F)(F)F)cc1-c1ccc(S(=C)(=O)NCC2CCCO2)s1. The van der Waals surface area contributed by atoms with Crippen molar-refractivity contribution in [3.63, 3.8) is 0 Å². The van der Waals surface area contributed by atoms with E-state index in [1.54, 1.807) is 12.1 Å². The molecule has 0 spiro atoms. The molecule has 1 aliphatic heterocycles. The average Bonchev–Trinajstić information content (AvgIpc) is 3.29. The van der Waals surface area contributed by atoms with E-state index in [1.165, 1.54) is 0 Å². The molecule has 2 aromatic heterocycles. The van der Waals surface area contributed by atoms with Crippen molar-refractivity contribution in [1.82, 2.24) is 14.5 Å². The zero-order valence-electron chi connectivity index (χ0n) is 14.1. The van der Waals surface area contributed by atoms with E-state index in [0.717, 1.165) is 34.9 Å². The van der Waals surface area contributed by atoms with Crippen LogP contribution in [0.15, 0.2) is 29.0 Å². The number of rotatable bonds is 6. The van der Waals surface area contributed by atoms with Gasteiger partial charge in [-0.05, 0) is 59.5 Å². The number of alkyl halides is 3. The Balaban J connectivity index is 1.86. The minimum absolute atomic E-state index is 0.00475. The molecule has 11 heteroatoms. The van der Waals surface area contributed by atoms with Crippen LogP contribution in [0.4, 0.5) is 13.2 Å². The lowest BCUT2D eigenvalue weighted by atomic mass is 10.2. The van der Waals surface area contributed by atoms with Crippen molar-refractivity contribution in [3.8, 4) is 10.6 Å². The van der Waals surface area contributed by atoms with Crippen LogP contribution >= 0.6 is 33.9 Å². The Hall–Kier alpha value is -0.890. The number of ether oxygens (including phenoxy) is 1. The monoisotopic (exact) mass is 531 g/mol. The minimum atomic E-state index is -4.56. The third kappa shape index (κ3) is 4.75. The van der Waals surface area contributed by atoms with E-state index >= 15 is 0 Å². The van der Waals surface area contributed by atoms with Gasteiger partial charge in [-0.2, -0.15) is 18.3 Å². The summed E-state index contributed by atoms with van der Waals surface area (Å²) in [5, 5.41) is 3.59. The van der Waals surface area contributed by atoms with E-state index in [0.29, 0.717) is 25.9 Å². The van der Waals surface area contributed by atoms with E-state index in [1.807, 2.05) is 22.6 Å². The second-order valence-corrected chi connectivity index (χ2v) is 10.6. The van der Waals surface area contributed by atoms with Gasteiger partial charge in [0.1, 0.15) is 0 Å². The van der Waals surface area contributed by atoms with E-state index in [-0.39, 0.29) is 11.8 Å². The second kappa shape index (κ2) is 7.85. The van der Waals surface area contributed by atoms with Crippen molar-refractivity contribution in [1.29, 1.82) is 0 Å². The van der Waals surface area contributed by atoms with Gasteiger partial charge < -0.3 is 4.74 Å². The topological polar surface area (TPSA) is 56.2 Å². The van der Waals surface area contributed by atoms with E-state index in [9.17, 15) is 17.4 Å². The molecule has 148 valence electrons. The fraction of sp³-hybridized carbons (Fsp3) is 0.375. The summed E-state index contributed by atoms with van der Waals surface area (Å²) in [4.78, 5) is 0.501. The van der Waals surface area contributed by atoms with E-state index in [2.05, 4.69) is 22.3 Å². The lowest BCUT2D eigenvalue weighted by molar-refractivity contribution is -0.141. The Morgan fingerprint density at radius 2 is 2.26 bits per heavy atom. The summed E-state index contributed by atoms with van der Waals surface area (Å²) in [6.45, 7) is 4.77. The summed E-state index contributed by atoms with van der Waals surface area (Å²) < 4.78 is 62.3. The summed E-state index contributed by atoms with van der Waals surface area (Å²) in [6.07, 6.45) is -2.69. The smallest absolute Gasteiger partial charge is 0.377 e. The molecule has 3 heterocycles. The predicted molar refractivity (Wildman–Crippen MR) is 110 cm³/mol. The Morgan fingerprint density at radius 3 is 2.85 bits per heavy atom. The van der Waals surface area contributed by atoms with Crippen molar-refractivity contribution >= 4 is 53.2 Å². The first-order chi connectivity index (χ1) is 12.6. The Kier molecular flexibility index (Phi) is 6.06. The molecule has 2 unspecified atom stereocenters. The van der Waals surface area contributed by atoms with Gasteiger partial charge in [0.15, 0.2) is 5.69 Å². The highest BCUT2D eigenvalue weighted by Gasteiger charge is 2.35. The van der Waals surface area contributed by atoms with Gasteiger partial charge >= 0.3 is 6.18 Å². The van der Waals surface area contributed by atoms with Crippen LogP contribution in [0, 0.1) is 0 Å². The van der Waals surface area contributed by atoms with Crippen molar-refractivity contribution in [2.45, 2.75) is 29.3 Å². The fourth-order valence-corrected chi connectivity index (χ4v) is 5.60. The highest BCUT2D eigenvalue weighted by atomic mass is 127. The maximum absolute atomic E-state index is 13.0. The molecule has 0 saturated carbocycles. The normalized spacial score (nSPS) is 19.9. The lowest BCUT2D eigenvalue weighted by Gasteiger charge is -2.13. The first-order valence-corrected chi connectivity index (χ1v) is 11.6. The number of thiophene rings is 1. The third-order valence-electron chi connectivity index (χ3n) is 3.96. The predicted octanol–water partition coefficient (Wildman–Crippen LogP) is 4.25. The Bertz CT molecular complexity index is 945. The van der Waals surface area contributed by atoms with Crippen LogP contribution in [0.25, 0.3) is 14.3 Å². The molecule has 0 radical (unpaired) electrons. The lowest BCUT2D eigenvalue weighted by Crippen LogP contribution is -2.31. The summed E-state index contributed by atoms with van der Waals surface area (Å²) in [7, 11) is -2.78. The third-order valence-corrected chi connectivity index (χ3v) is 7.79. The van der Waals surface area contributed by atoms with Gasteiger partial charge in [-0.3, -0.25) is 0 Å². The summed E-state index contributed by atoms with van der Waals surface area (Å²) >= 11 is 2.93. The maximum atomic E-state index is 13.0. The number of halogens is 4. The highest BCUT2D eigenvalue weighted by molar-refractivity contribution is 14.1. The van der Waals surface area contributed by atoms with Crippen LogP contribution in [-0.2, 0) is 20.6 Å². The van der Waals surface area contributed by atoms with Crippen LogP contribution in [0.3, 0.4) is 0 Å². The van der Waals surface area contributed by atoms with Gasteiger partial charge in [-0.25, -0.2) is 13.6 Å². The van der Waals surface area contributed by atoms with Crippen LogP contribution in [0.1, 0.15) is 18.5 Å². The maximum Gasteiger partial charge on any atom is 0.435 e. The molecule has 1 fully saturated rings. The number of nitrogens with one attached hydrogen (secondary N) is 1. The average molecular weight is 531 g/mol. The number of aromatic nitrogens is 2. The van der Waals surface area contributed by atoms with Crippen LogP contribution < -0.4 is 4.72 Å². The molecular weight excluding hydrogens is 514 g/mol. The molecule has 1 aliphatic rings. The summed E-state index contributed by atoms with van der Waals surface area (Å²) in [5.41, 5.74) is -0.760. The molecule has 0 bridgehead atoms. The largest absolute Gasteiger partial charge is 0.435 e. The zero-order chi connectivity index (χ0) is 19.8. The van der Waals surface area contributed by atoms with Crippen molar-refractivity contribution in [3.05, 3.63) is 30.5 Å². The number of hydrogen-bond acceptors (Lipinski definition) is 4. The van der Waals surface area contributed by atoms with Crippen molar-refractivity contribution in [2.75, 3.05) is 13.2 Å². The highest BCUT2D eigenvalue weighted by Crippen LogP contribution is 2.37. The summed E-state index contributed by atoms with van der Waals surface area (Å²) in [6, 6.07) is 4.19. The van der Waals surface area contributed by atoms with Crippen molar-refractivity contribution < 1.29 is 22.1 Å². The van der Waals surface area contributed by atoms with Gasteiger partial charge in [0.05, 0.1) is 34.3 Å². The van der Waals surface area contributed by atoms with Gasteiger partial charge in [-0.1, -0.05) is 6.58 Å². The fourth-order valence-electron chi connectivity index (χ4n) is 2.62. The molecule has 27 heavy (non-hydrogen) atoms. The first-order valence-electron chi connectivity index (χ1n) is 7.93. The molecule has 1 N–H and O–H groups in total. The molecule has 0 amide bonds. The van der Waals surface area contributed by atoms with Gasteiger partial charge in [-0.15, -0.1) is 11.3 Å². The quantitative estimate of drug-likeness (QED) is 0.448. The first kappa shape index (κ1) is 20.8. The van der Waals surface area contributed by atoms with Crippen LogP contribution in [-0.4, -0.2) is 39.1 Å². The Labute approximate surface area is 172 Å². The molecule has 2 atom stereocenters. The number of nitrogens with zero attached hydrogens (tertiary/aromatic N) is 2. The molecule has 0 aromatic carbocycles.